The van der Waals surface area contributed by atoms with Crippen molar-refractivity contribution in [2.24, 2.45) is 0 Å². The smallest absolute Gasteiger partial charge is 0.256 e. The third kappa shape index (κ3) is 5.20. The van der Waals surface area contributed by atoms with Crippen molar-refractivity contribution < 1.29 is 9.53 Å². The summed E-state index contributed by atoms with van der Waals surface area (Å²) < 4.78 is 7.79. The summed E-state index contributed by atoms with van der Waals surface area (Å²) in [5, 5.41) is 7.29. The number of para-hydroxylation sites is 1. The maximum atomic E-state index is 12.6. The number of nitrogens with zero attached hydrogens (tertiary/aromatic N) is 2. The Labute approximate surface area is 182 Å². The van der Waals surface area contributed by atoms with Crippen LogP contribution >= 0.6 is 0 Å². The van der Waals surface area contributed by atoms with E-state index in [1.165, 1.54) is 0 Å². The quantitative estimate of drug-likeness (QED) is 0.444. The van der Waals surface area contributed by atoms with Crippen molar-refractivity contribution in [2.75, 3.05) is 5.32 Å². The highest BCUT2D eigenvalue weighted by Crippen LogP contribution is 2.23. The maximum absolute atomic E-state index is 12.6. The molecule has 4 aromatic rings. The van der Waals surface area contributed by atoms with Crippen LogP contribution < -0.4 is 10.1 Å². The van der Waals surface area contributed by atoms with Gasteiger partial charge in [0.25, 0.3) is 5.91 Å². The molecular formula is C26H25N3O2. The number of benzene rings is 3. The largest absolute Gasteiger partial charge is 0.488 e. The molecular weight excluding hydrogens is 386 g/mol. The summed E-state index contributed by atoms with van der Waals surface area (Å²) in [4.78, 5) is 12.6. The average Bonchev–Trinajstić information content (AvgIpc) is 3.21. The fraction of sp³-hybridized carbons (Fsp3) is 0.154. The van der Waals surface area contributed by atoms with Crippen molar-refractivity contribution in [1.29, 1.82) is 0 Å². The predicted molar refractivity (Wildman–Crippen MR) is 122 cm³/mol. The first-order chi connectivity index (χ1) is 15.1. The lowest BCUT2D eigenvalue weighted by Crippen LogP contribution is -2.13. The predicted octanol–water partition coefficient (Wildman–Crippen LogP) is 5.38. The van der Waals surface area contributed by atoms with E-state index in [2.05, 4.69) is 10.4 Å². The molecule has 31 heavy (non-hydrogen) atoms. The summed E-state index contributed by atoms with van der Waals surface area (Å²) in [6, 6.07) is 25.4. The van der Waals surface area contributed by atoms with Gasteiger partial charge in [-0.25, -0.2) is 0 Å². The summed E-state index contributed by atoms with van der Waals surface area (Å²) in [6.07, 6.45) is 1.86. The first-order valence-electron chi connectivity index (χ1n) is 10.3. The lowest BCUT2D eigenvalue weighted by atomic mass is 10.1. The number of rotatable bonds is 7. The maximum Gasteiger partial charge on any atom is 0.256 e. The molecule has 0 fully saturated rings. The number of carbonyl (C=O) groups excluding carboxylic acids is 1. The Balaban J connectivity index is 1.34. The second kappa shape index (κ2) is 9.30. The standard InChI is InChI=1S/C26H25N3O2/c1-19-7-6-8-20(2)25(19)31-18-22-11-13-23(14-12-22)26(30)27-24-15-16-29(28-24)17-21-9-4-3-5-10-21/h3-16H,17-18H2,1-2H3,(H,27,28,30). The summed E-state index contributed by atoms with van der Waals surface area (Å²) in [7, 11) is 0. The third-order valence-corrected chi connectivity index (χ3v) is 5.08. The molecule has 3 aromatic carbocycles. The minimum Gasteiger partial charge on any atom is -0.488 e. The molecule has 1 aromatic heterocycles. The number of hydrogen-bond acceptors (Lipinski definition) is 3. The number of amides is 1. The molecule has 0 radical (unpaired) electrons. The summed E-state index contributed by atoms with van der Waals surface area (Å²) >= 11 is 0. The number of aryl methyl sites for hydroxylation is 2. The molecule has 0 aliphatic carbocycles. The molecule has 0 aliphatic heterocycles. The van der Waals surface area contributed by atoms with Crippen molar-refractivity contribution in [3.63, 3.8) is 0 Å². The highest BCUT2D eigenvalue weighted by molar-refractivity contribution is 6.03. The van der Waals surface area contributed by atoms with E-state index in [0.29, 0.717) is 24.5 Å². The minimum atomic E-state index is -0.188. The van der Waals surface area contributed by atoms with Crippen LogP contribution in [0.4, 0.5) is 5.82 Å². The summed E-state index contributed by atoms with van der Waals surface area (Å²) in [5.74, 6) is 1.26. The third-order valence-electron chi connectivity index (χ3n) is 5.08. The van der Waals surface area contributed by atoms with Gasteiger partial charge in [0, 0.05) is 17.8 Å². The lowest BCUT2D eigenvalue weighted by Gasteiger charge is -2.12. The summed E-state index contributed by atoms with van der Waals surface area (Å²) in [5.41, 5.74) is 4.97. The van der Waals surface area contributed by atoms with Crippen molar-refractivity contribution in [3.05, 3.63) is 113 Å². The van der Waals surface area contributed by atoms with Crippen LogP contribution in [-0.4, -0.2) is 15.7 Å². The normalized spacial score (nSPS) is 10.6. The Hall–Kier alpha value is -3.86. The number of nitrogens with one attached hydrogen (secondary N) is 1. The van der Waals surface area contributed by atoms with Crippen LogP contribution in [0.15, 0.2) is 85.1 Å². The van der Waals surface area contributed by atoms with Crippen molar-refractivity contribution in [3.8, 4) is 5.75 Å². The fourth-order valence-corrected chi connectivity index (χ4v) is 3.41. The molecule has 0 spiro atoms. The van der Waals surface area contributed by atoms with E-state index >= 15 is 0 Å². The van der Waals surface area contributed by atoms with E-state index in [-0.39, 0.29) is 5.91 Å². The number of aromatic nitrogens is 2. The summed E-state index contributed by atoms with van der Waals surface area (Å²) in [6.45, 7) is 5.19. The van der Waals surface area contributed by atoms with Crippen LogP contribution in [0, 0.1) is 13.8 Å². The van der Waals surface area contributed by atoms with Gasteiger partial charge in [-0.05, 0) is 48.2 Å². The molecule has 0 saturated carbocycles. The molecule has 4 rings (SSSR count). The molecule has 0 atom stereocenters. The lowest BCUT2D eigenvalue weighted by molar-refractivity contribution is 0.102. The van der Waals surface area contributed by atoms with Crippen LogP contribution in [0.5, 0.6) is 5.75 Å². The zero-order valence-corrected chi connectivity index (χ0v) is 17.7. The molecule has 0 bridgehead atoms. The van der Waals surface area contributed by atoms with E-state index in [4.69, 9.17) is 4.74 Å². The fourth-order valence-electron chi connectivity index (χ4n) is 3.41. The van der Waals surface area contributed by atoms with Gasteiger partial charge in [-0.1, -0.05) is 60.7 Å². The van der Waals surface area contributed by atoms with Crippen LogP contribution in [0.25, 0.3) is 0 Å². The van der Waals surface area contributed by atoms with Gasteiger partial charge in [-0.2, -0.15) is 5.10 Å². The molecule has 1 amide bonds. The van der Waals surface area contributed by atoms with E-state index in [1.54, 1.807) is 22.9 Å². The molecule has 0 unspecified atom stereocenters. The van der Waals surface area contributed by atoms with Gasteiger partial charge in [0.2, 0.25) is 0 Å². The SMILES string of the molecule is Cc1cccc(C)c1OCc1ccc(C(=O)Nc2ccn(Cc3ccccc3)n2)cc1. The van der Waals surface area contributed by atoms with E-state index in [1.807, 2.05) is 80.7 Å². The molecule has 0 aliphatic rings. The topological polar surface area (TPSA) is 56.1 Å². The van der Waals surface area contributed by atoms with E-state index < -0.39 is 0 Å². The van der Waals surface area contributed by atoms with Crippen LogP contribution in [0.3, 0.4) is 0 Å². The Kier molecular flexibility index (Phi) is 6.13. The van der Waals surface area contributed by atoms with Gasteiger partial charge in [0.05, 0.1) is 6.54 Å². The highest BCUT2D eigenvalue weighted by Gasteiger charge is 2.09. The van der Waals surface area contributed by atoms with Gasteiger partial charge >= 0.3 is 0 Å². The van der Waals surface area contributed by atoms with Gasteiger partial charge in [0.15, 0.2) is 5.82 Å². The Morgan fingerprint density at radius 1 is 0.871 bits per heavy atom. The Bertz CT molecular complexity index is 1140. The second-order valence-electron chi connectivity index (χ2n) is 7.54. The highest BCUT2D eigenvalue weighted by atomic mass is 16.5. The Morgan fingerprint density at radius 2 is 1.58 bits per heavy atom. The van der Waals surface area contributed by atoms with Gasteiger partial charge in [-0.15, -0.1) is 0 Å². The van der Waals surface area contributed by atoms with E-state index in [9.17, 15) is 4.79 Å². The molecule has 5 nitrogen and oxygen atoms in total. The van der Waals surface area contributed by atoms with Crippen LogP contribution in [0.1, 0.15) is 32.6 Å². The van der Waals surface area contributed by atoms with Gasteiger partial charge < -0.3 is 10.1 Å². The first kappa shape index (κ1) is 20.4. The zero-order chi connectivity index (χ0) is 21.6. The average molecular weight is 412 g/mol. The van der Waals surface area contributed by atoms with Crippen LogP contribution in [0.2, 0.25) is 0 Å². The Morgan fingerprint density at radius 3 is 2.29 bits per heavy atom. The molecule has 156 valence electrons. The number of anilines is 1. The zero-order valence-electron chi connectivity index (χ0n) is 17.7. The monoisotopic (exact) mass is 411 g/mol. The molecule has 5 heteroatoms. The minimum absolute atomic E-state index is 0.188. The van der Waals surface area contributed by atoms with Crippen molar-refractivity contribution in [1.82, 2.24) is 9.78 Å². The van der Waals surface area contributed by atoms with Gasteiger partial charge in [0.1, 0.15) is 12.4 Å². The number of carbonyl (C=O) groups is 1. The van der Waals surface area contributed by atoms with Gasteiger partial charge in [-0.3, -0.25) is 9.48 Å². The van der Waals surface area contributed by atoms with Crippen molar-refractivity contribution >= 4 is 11.7 Å². The van der Waals surface area contributed by atoms with E-state index in [0.717, 1.165) is 28.0 Å². The number of hydrogen-bond donors (Lipinski definition) is 1. The number of ether oxygens (including phenoxy) is 1. The van der Waals surface area contributed by atoms with Crippen molar-refractivity contribution in [2.45, 2.75) is 27.0 Å². The molecule has 1 heterocycles. The molecule has 1 N–H and O–H groups in total. The van der Waals surface area contributed by atoms with Crippen LogP contribution in [-0.2, 0) is 13.2 Å². The molecule has 0 saturated heterocycles. The first-order valence-corrected chi connectivity index (χ1v) is 10.3. The second-order valence-corrected chi connectivity index (χ2v) is 7.54.